The average molecular weight is 391 g/mol. The Balaban J connectivity index is 1.48. The molecule has 1 aliphatic heterocycles. The van der Waals surface area contributed by atoms with Gasteiger partial charge in [-0.2, -0.15) is 0 Å². The number of allylic oxidation sites excluding steroid dienone is 2. The van der Waals surface area contributed by atoms with Gasteiger partial charge in [-0.1, -0.05) is 30.7 Å². The third kappa shape index (κ3) is 2.35. The van der Waals surface area contributed by atoms with Crippen LogP contribution in [0.1, 0.15) is 65.2 Å². The smallest absolute Gasteiger partial charge is 0.0794 e. The summed E-state index contributed by atoms with van der Waals surface area (Å²) in [6, 6.07) is 0. The van der Waals surface area contributed by atoms with E-state index in [-0.39, 0.29) is 5.41 Å². The van der Waals surface area contributed by atoms with E-state index in [1.807, 2.05) is 0 Å². The van der Waals surface area contributed by atoms with Crippen LogP contribution in [0.4, 0.5) is 0 Å². The molecule has 144 valence electrons. The van der Waals surface area contributed by atoms with E-state index >= 15 is 0 Å². The average Bonchev–Trinajstić information content (AvgIpc) is 3.17. The Labute approximate surface area is 167 Å². The van der Waals surface area contributed by atoms with Crippen LogP contribution in [0, 0.1) is 29.1 Å². The predicted molar refractivity (Wildman–Crippen MR) is 114 cm³/mol. The Morgan fingerprint density at radius 3 is 2.69 bits per heavy atom. The van der Waals surface area contributed by atoms with E-state index in [1.165, 1.54) is 49.2 Å². The molecule has 0 aromatic rings. The molecule has 0 aromatic heterocycles. The summed E-state index contributed by atoms with van der Waals surface area (Å²) in [7, 11) is 0. The van der Waals surface area contributed by atoms with E-state index in [2.05, 4.69) is 50.0 Å². The van der Waals surface area contributed by atoms with Gasteiger partial charge in [0.25, 0.3) is 0 Å². The maximum absolute atomic E-state index is 11.3. The zero-order chi connectivity index (χ0) is 18.2. The van der Waals surface area contributed by atoms with Crippen molar-refractivity contribution in [2.75, 3.05) is 11.5 Å². The Bertz CT molecular complexity index is 645. The summed E-state index contributed by atoms with van der Waals surface area (Å²) in [5, 5.41) is 11.3. The molecule has 0 aromatic carbocycles. The Hall–Kier alpha value is 0.140. The van der Waals surface area contributed by atoms with Crippen LogP contribution < -0.4 is 0 Å². The molecular weight excluding hydrogens is 356 g/mol. The van der Waals surface area contributed by atoms with Gasteiger partial charge in [0, 0.05) is 16.9 Å². The van der Waals surface area contributed by atoms with E-state index in [4.69, 9.17) is 0 Å². The molecule has 4 aliphatic carbocycles. The van der Waals surface area contributed by atoms with Crippen molar-refractivity contribution in [3.8, 4) is 0 Å². The minimum Gasteiger partial charge on any atom is -0.390 e. The summed E-state index contributed by atoms with van der Waals surface area (Å²) in [6.45, 7) is 9.08. The van der Waals surface area contributed by atoms with Crippen LogP contribution in [0.5, 0.6) is 0 Å². The fourth-order valence-electron chi connectivity index (χ4n) is 7.82. The van der Waals surface area contributed by atoms with E-state index in [0.717, 1.165) is 31.1 Å². The highest BCUT2D eigenvalue weighted by Gasteiger charge is 2.63. The zero-order valence-corrected chi connectivity index (χ0v) is 18.1. The molecule has 5 rings (SSSR count). The highest BCUT2D eigenvalue weighted by atomic mass is 32.2. The van der Waals surface area contributed by atoms with Gasteiger partial charge in [0.15, 0.2) is 0 Å². The number of rotatable bonds is 1. The molecule has 0 amide bonds. The second-order valence-electron chi connectivity index (χ2n) is 9.87. The van der Waals surface area contributed by atoms with Crippen molar-refractivity contribution in [1.82, 2.24) is 0 Å². The van der Waals surface area contributed by atoms with Crippen LogP contribution in [0.2, 0.25) is 0 Å². The first-order chi connectivity index (χ1) is 12.4. The van der Waals surface area contributed by atoms with Crippen LogP contribution in [-0.2, 0) is 0 Å². The Kier molecular flexibility index (Phi) is 4.24. The molecule has 3 saturated carbocycles. The molecule has 1 heterocycles. The molecule has 0 radical (unpaired) electrons. The van der Waals surface area contributed by atoms with Crippen molar-refractivity contribution in [2.24, 2.45) is 29.1 Å². The van der Waals surface area contributed by atoms with Crippen LogP contribution >= 0.6 is 23.5 Å². The highest BCUT2D eigenvalue weighted by molar-refractivity contribution is 8.21. The fourth-order valence-corrected chi connectivity index (χ4v) is 11.0. The minimum absolute atomic E-state index is 0.0967. The topological polar surface area (TPSA) is 20.2 Å². The van der Waals surface area contributed by atoms with Gasteiger partial charge in [-0.15, -0.1) is 23.5 Å². The van der Waals surface area contributed by atoms with Gasteiger partial charge < -0.3 is 5.11 Å². The van der Waals surface area contributed by atoms with Crippen LogP contribution in [0.15, 0.2) is 23.8 Å². The number of aliphatic hydroxyl groups is 1. The number of hydrogen-bond acceptors (Lipinski definition) is 3. The van der Waals surface area contributed by atoms with Crippen LogP contribution in [-0.4, -0.2) is 26.3 Å². The maximum atomic E-state index is 11.3. The molecule has 4 fully saturated rings. The quantitative estimate of drug-likeness (QED) is 0.551. The summed E-state index contributed by atoms with van der Waals surface area (Å²) < 4.78 is 0.416. The molecule has 0 bridgehead atoms. The SMILES string of the molecule is C=C1CC2(CC)C(CCC2(C)O)C2CCC3=CC4(CCC3C12)SCCS4. The van der Waals surface area contributed by atoms with Crippen molar-refractivity contribution in [3.05, 3.63) is 23.8 Å². The lowest BCUT2D eigenvalue weighted by atomic mass is 9.48. The first kappa shape index (κ1) is 18.2. The minimum atomic E-state index is -0.496. The van der Waals surface area contributed by atoms with E-state index in [9.17, 15) is 5.11 Å². The summed E-state index contributed by atoms with van der Waals surface area (Å²) in [5.41, 5.74) is 2.85. The Morgan fingerprint density at radius 2 is 1.96 bits per heavy atom. The monoisotopic (exact) mass is 390 g/mol. The molecular formula is C23H34OS2. The van der Waals surface area contributed by atoms with E-state index in [0.29, 0.717) is 15.9 Å². The van der Waals surface area contributed by atoms with E-state index in [1.54, 1.807) is 5.57 Å². The van der Waals surface area contributed by atoms with Gasteiger partial charge in [-0.25, -0.2) is 0 Å². The summed E-state index contributed by atoms with van der Waals surface area (Å²) in [6.07, 6.45) is 12.5. The van der Waals surface area contributed by atoms with Crippen molar-refractivity contribution in [1.29, 1.82) is 0 Å². The lowest BCUT2D eigenvalue weighted by molar-refractivity contribution is -0.102. The van der Waals surface area contributed by atoms with Gasteiger partial charge >= 0.3 is 0 Å². The maximum Gasteiger partial charge on any atom is 0.0794 e. The van der Waals surface area contributed by atoms with Crippen LogP contribution in [0.25, 0.3) is 0 Å². The molecule has 3 heteroatoms. The Morgan fingerprint density at radius 1 is 1.19 bits per heavy atom. The highest BCUT2D eigenvalue weighted by Crippen LogP contribution is 2.68. The van der Waals surface area contributed by atoms with Crippen molar-refractivity contribution >= 4 is 23.5 Å². The molecule has 5 aliphatic rings. The second-order valence-corrected chi connectivity index (χ2v) is 13.0. The van der Waals surface area contributed by atoms with Crippen molar-refractivity contribution < 1.29 is 5.11 Å². The summed E-state index contributed by atoms with van der Waals surface area (Å²) in [4.78, 5) is 0. The zero-order valence-electron chi connectivity index (χ0n) is 16.4. The number of hydrogen-bond donors (Lipinski definition) is 1. The predicted octanol–water partition coefficient (Wildman–Crippen LogP) is 6.04. The second kappa shape index (κ2) is 6.07. The van der Waals surface area contributed by atoms with Crippen LogP contribution in [0.3, 0.4) is 0 Å². The third-order valence-corrected chi connectivity index (χ3v) is 12.4. The normalized spacial score (nSPS) is 49.5. The number of thioether (sulfide) groups is 2. The van der Waals surface area contributed by atoms with Gasteiger partial charge in [-0.3, -0.25) is 0 Å². The van der Waals surface area contributed by atoms with Gasteiger partial charge in [0.05, 0.1) is 9.68 Å². The molecule has 1 nitrogen and oxygen atoms in total. The fraction of sp³-hybridized carbons (Fsp3) is 0.826. The first-order valence-electron chi connectivity index (χ1n) is 10.8. The molecule has 6 unspecified atom stereocenters. The van der Waals surface area contributed by atoms with Gasteiger partial charge in [0.2, 0.25) is 0 Å². The lowest BCUT2D eigenvalue weighted by Crippen LogP contribution is -2.53. The lowest BCUT2D eigenvalue weighted by Gasteiger charge is -2.57. The van der Waals surface area contributed by atoms with Crippen molar-refractivity contribution in [3.63, 3.8) is 0 Å². The number of fused-ring (bicyclic) bond motifs is 5. The molecule has 6 atom stereocenters. The largest absolute Gasteiger partial charge is 0.390 e. The molecule has 1 saturated heterocycles. The summed E-state index contributed by atoms with van der Waals surface area (Å²) in [5.74, 6) is 5.59. The molecule has 1 N–H and O–H groups in total. The van der Waals surface area contributed by atoms with Gasteiger partial charge in [0.1, 0.15) is 0 Å². The third-order valence-electron chi connectivity index (χ3n) is 9.01. The van der Waals surface area contributed by atoms with E-state index < -0.39 is 5.60 Å². The molecule has 26 heavy (non-hydrogen) atoms. The first-order valence-corrected chi connectivity index (χ1v) is 12.8. The van der Waals surface area contributed by atoms with Gasteiger partial charge in [-0.05, 0) is 82.0 Å². The summed E-state index contributed by atoms with van der Waals surface area (Å²) >= 11 is 4.40. The molecule has 1 spiro atoms. The van der Waals surface area contributed by atoms with Crippen molar-refractivity contribution in [2.45, 2.75) is 74.9 Å². The standard InChI is InChI=1S/C23H34OS2/c1-4-22-13-15(2)20-17-7-10-23(25-11-12-26-23)14-16(17)5-6-18(20)19(22)8-9-21(22,3)24/h14,17-20,24H,2,4-13H2,1,3H3.